The van der Waals surface area contributed by atoms with E-state index in [1.165, 1.54) is 11.3 Å². The summed E-state index contributed by atoms with van der Waals surface area (Å²) in [4.78, 5) is 6.97. The third kappa shape index (κ3) is 2.43. The van der Waals surface area contributed by atoms with E-state index < -0.39 is 6.23 Å². The lowest BCUT2D eigenvalue weighted by Gasteiger charge is -2.27. The first-order valence-corrected chi connectivity index (χ1v) is 9.55. The van der Waals surface area contributed by atoms with Crippen LogP contribution in [-0.4, -0.2) is 48.9 Å². The van der Waals surface area contributed by atoms with Gasteiger partial charge in [0.25, 0.3) is 5.88 Å². The number of thioether (sulfide) groups is 1. The molecule has 0 aliphatic carbocycles. The van der Waals surface area contributed by atoms with Gasteiger partial charge < -0.3 is 10.2 Å². The number of nitrogens with zero attached hydrogens (tertiary/aromatic N) is 3. The van der Waals surface area contributed by atoms with Crippen molar-refractivity contribution in [3.63, 3.8) is 0 Å². The van der Waals surface area contributed by atoms with Gasteiger partial charge in [-0.05, 0) is 17.3 Å². The average molecular weight is 381 g/mol. The second-order valence-corrected chi connectivity index (χ2v) is 8.21. The molecule has 1 fully saturated rings. The number of amidine groups is 1. The van der Waals surface area contributed by atoms with Crippen molar-refractivity contribution in [1.82, 2.24) is 9.88 Å². The van der Waals surface area contributed by atoms with E-state index in [0.717, 1.165) is 21.4 Å². The molecular formula is C16H15ClN3O2S2+. The van der Waals surface area contributed by atoms with Crippen molar-refractivity contribution in [2.75, 3.05) is 12.8 Å². The van der Waals surface area contributed by atoms with Crippen molar-refractivity contribution < 1.29 is 14.8 Å². The quantitative estimate of drug-likeness (QED) is 0.784. The number of benzene rings is 1. The normalized spacial score (nSPS) is 23.9. The lowest BCUT2D eigenvalue weighted by atomic mass is 10.0. The van der Waals surface area contributed by atoms with Crippen LogP contribution in [0.1, 0.15) is 16.5 Å². The Morgan fingerprint density at radius 2 is 2.08 bits per heavy atom. The highest BCUT2D eigenvalue weighted by Gasteiger charge is 2.49. The highest BCUT2D eigenvalue weighted by Crippen LogP contribution is 2.44. The summed E-state index contributed by atoms with van der Waals surface area (Å²) in [6.45, 7) is 0. The molecule has 2 aliphatic heterocycles. The van der Waals surface area contributed by atoms with Gasteiger partial charge in [0.1, 0.15) is 5.57 Å². The van der Waals surface area contributed by atoms with Crippen molar-refractivity contribution in [3.05, 3.63) is 57.3 Å². The predicted molar refractivity (Wildman–Crippen MR) is 97.4 cm³/mol. The molecule has 2 aliphatic rings. The van der Waals surface area contributed by atoms with Gasteiger partial charge in [-0.15, -0.1) is 11.3 Å². The summed E-state index contributed by atoms with van der Waals surface area (Å²) in [5.74, 6) is 0.846. The van der Waals surface area contributed by atoms with Gasteiger partial charge in [-0.25, -0.2) is 9.56 Å². The van der Waals surface area contributed by atoms with Crippen LogP contribution < -0.4 is 0 Å². The standard InChI is InChI=1S/C16H14ClN3O2S2/c1-19-13(21)12(9-5-3-2-4-6-9)14(22)20-10(8-23-16(19)20)11-7-18-15(17)24-11/h2-7,10,13,21H,8H2,1H3/p+1. The molecular weight excluding hydrogens is 366 g/mol. The van der Waals surface area contributed by atoms with Crippen LogP contribution in [0.25, 0.3) is 5.57 Å². The van der Waals surface area contributed by atoms with Crippen LogP contribution in [0, 0.1) is 0 Å². The van der Waals surface area contributed by atoms with Gasteiger partial charge in [0.15, 0.2) is 10.5 Å². The minimum Gasteiger partial charge on any atom is -0.477 e. The number of fused-ring (bicyclic) bond motifs is 1. The molecule has 4 rings (SSSR count). The number of thiazole rings is 1. The number of aliphatic hydroxyl groups excluding tert-OH is 2. The Kier molecular flexibility index (Phi) is 4.04. The first kappa shape index (κ1) is 16.0. The summed E-state index contributed by atoms with van der Waals surface area (Å²) < 4.78 is 2.27. The van der Waals surface area contributed by atoms with Crippen LogP contribution in [0.2, 0.25) is 4.47 Å². The highest BCUT2D eigenvalue weighted by molar-refractivity contribution is 8.13. The maximum Gasteiger partial charge on any atom is 0.318 e. The van der Waals surface area contributed by atoms with Gasteiger partial charge in [0, 0.05) is 6.20 Å². The summed E-state index contributed by atoms with van der Waals surface area (Å²) in [5, 5.41) is 22.5. The van der Waals surface area contributed by atoms with E-state index in [1.54, 1.807) is 22.5 Å². The zero-order valence-corrected chi connectivity index (χ0v) is 15.1. The number of aromatic nitrogens is 1. The predicted octanol–water partition coefficient (Wildman–Crippen LogP) is 3.14. The van der Waals surface area contributed by atoms with Gasteiger partial charge >= 0.3 is 5.17 Å². The summed E-state index contributed by atoms with van der Waals surface area (Å²) in [5.41, 5.74) is 1.30. The van der Waals surface area contributed by atoms with Crippen molar-refractivity contribution in [3.8, 4) is 0 Å². The van der Waals surface area contributed by atoms with Gasteiger partial charge in [-0.2, -0.15) is 4.90 Å². The second kappa shape index (κ2) is 6.07. The summed E-state index contributed by atoms with van der Waals surface area (Å²) in [6.07, 6.45) is 0.858. The van der Waals surface area contributed by atoms with Crippen LogP contribution in [0.5, 0.6) is 0 Å². The molecule has 0 bridgehead atoms. The molecule has 124 valence electrons. The maximum absolute atomic E-state index is 11.0. The topological polar surface area (TPSA) is 59.6 Å². The van der Waals surface area contributed by atoms with Crippen LogP contribution in [-0.2, 0) is 0 Å². The van der Waals surface area contributed by atoms with E-state index in [2.05, 4.69) is 4.98 Å². The Morgan fingerprint density at radius 3 is 2.75 bits per heavy atom. The fourth-order valence-electron chi connectivity index (χ4n) is 3.01. The van der Waals surface area contributed by atoms with E-state index in [0.29, 0.717) is 10.0 Å². The number of hydrogen-bond donors (Lipinski definition) is 2. The molecule has 0 radical (unpaired) electrons. The van der Waals surface area contributed by atoms with Crippen molar-refractivity contribution >= 4 is 45.4 Å². The molecule has 1 aromatic heterocycles. The minimum absolute atomic E-state index is 0.0522. The van der Waals surface area contributed by atoms with E-state index in [9.17, 15) is 10.2 Å². The lowest BCUT2D eigenvalue weighted by molar-refractivity contribution is -0.570. The van der Waals surface area contributed by atoms with Crippen molar-refractivity contribution in [2.24, 2.45) is 0 Å². The summed E-state index contributed by atoms with van der Waals surface area (Å²) in [7, 11) is 1.83. The third-order valence-corrected chi connectivity index (χ3v) is 6.63. The molecule has 2 unspecified atom stereocenters. The maximum atomic E-state index is 11.0. The van der Waals surface area contributed by atoms with E-state index in [4.69, 9.17) is 11.6 Å². The van der Waals surface area contributed by atoms with Crippen molar-refractivity contribution in [2.45, 2.75) is 12.3 Å². The molecule has 2 N–H and O–H groups in total. The Morgan fingerprint density at radius 1 is 1.33 bits per heavy atom. The fraction of sp³-hybridized carbons (Fsp3) is 0.250. The first-order chi connectivity index (χ1) is 11.6. The van der Waals surface area contributed by atoms with Gasteiger partial charge in [0.2, 0.25) is 6.23 Å². The van der Waals surface area contributed by atoms with E-state index >= 15 is 0 Å². The number of hydrogen-bond acceptors (Lipinski definition) is 6. The smallest absolute Gasteiger partial charge is 0.318 e. The Labute approximate surface area is 152 Å². The third-order valence-electron chi connectivity index (χ3n) is 4.19. The molecule has 5 nitrogen and oxygen atoms in total. The van der Waals surface area contributed by atoms with Gasteiger partial charge in [-0.1, -0.05) is 41.9 Å². The van der Waals surface area contributed by atoms with E-state index in [1.807, 2.05) is 42.3 Å². The molecule has 3 heterocycles. The molecule has 0 saturated carbocycles. The molecule has 2 atom stereocenters. The van der Waals surface area contributed by atoms with Gasteiger partial charge in [-0.3, -0.25) is 0 Å². The fourth-order valence-corrected chi connectivity index (χ4v) is 5.45. The molecule has 1 aromatic carbocycles. The molecule has 8 heteroatoms. The van der Waals surface area contributed by atoms with Gasteiger partial charge in [0.05, 0.1) is 17.7 Å². The molecule has 1 saturated heterocycles. The zero-order valence-electron chi connectivity index (χ0n) is 12.8. The minimum atomic E-state index is -0.894. The monoisotopic (exact) mass is 380 g/mol. The number of aliphatic hydroxyl groups is 2. The molecule has 0 spiro atoms. The first-order valence-electron chi connectivity index (χ1n) is 7.37. The average Bonchev–Trinajstić information content (AvgIpc) is 3.20. The zero-order chi connectivity index (χ0) is 16.8. The number of likely N-dealkylation sites (N-methyl/N-ethyl adjacent to an activating group) is 1. The van der Waals surface area contributed by atoms with E-state index in [-0.39, 0.29) is 11.9 Å². The number of rotatable bonds is 2. The second-order valence-electron chi connectivity index (χ2n) is 5.58. The Bertz CT molecular complexity index is 850. The molecule has 0 amide bonds. The summed E-state index contributed by atoms with van der Waals surface area (Å²) >= 11 is 8.99. The SMILES string of the molecule is C[N+]1=C2SCC(c3cnc(Cl)s3)N2C(O)=C(c2ccccc2)C1O. The van der Waals surface area contributed by atoms with Crippen LogP contribution in [0.15, 0.2) is 42.4 Å². The Balaban J connectivity index is 1.83. The van der Waals surface area contributed by atoms with Crippen molar-refractivity contribution in [1.29, 1.82) is 0 Å². The molecule has 2 aromatic rings. The highest BCUT2D eigenvalue weighted by atomic mass is 35.5. The van der Waals surface area contributed by atoms with Crippen LogP contribution >= 0.6 is 34.7 Å². The number of halogens is 1. The molecule has 24 heavy (non-hydrogen) atoms. The Hall–Kier alpha value is -1.54. The lowest BCUT2D eigenvalue weighted by Crippen LogP contribution is -2.43. The van der Waals surface area contributed by atoms with Crippen LogP contribution in [0.4, 0.5) is 0 Å². The van der Waals surface area contributed by atoms with Crippen LogP contribution in [0.3, 0.4) is 0 Å². The largest absolute Gasteiger partial charge is 0.477 e. The summed E-state index contributed by atoms with van der Waals surface area (Å²) in [6, 6.07) is 9.40.